The summed E-state index contributed by atoms with van der Waals surface area (Å²) in [6.07, 6.45) is 1.67. The Morgan fingerprint density at radius 1 is 1.43 bits per heavy atom. The van der Waals surface area contributed by atoms with E-state index in [1.54, 1.807) is 19.4 Å². The first-order chi connectivity index (χ1) is 9.80. The normalized spacial score (nSPS) is 13.3. The third-order valence-electron chi connectivity index (χ3n) is 3.31. The van der Waals surface area contributed by atoms with Crippen LogP contribution < -0.4 is 10.2 Å². The van der Waals surface area contributed by atoms with Crippen molar-refractivity contribution in [2.45, 2.75) is 52.7 Å². The van der Waals surface area contributed by atoms with Crippen molar-refractivity contribution in [2.24, 2.45) is 0 Å². The number of anilines is 1. The standard InChI is InChI=1S/C16H28FN3O/c1-7-20(12(2)11-21-6)15-14(17)13(8-9-18-15)10-19-16(3,4)5/h8-9,12,19H,7,10-11H2,1-6H3. The number of ether oxygens (including phenoxy) is 1. The summed E-state index contributed by atoms with van der Waals surface area (Å²) in [5.74, 6) is 0.148. The van der Waals surface area contributed by atoms with Gasteiger partial charge < -0.3 is 15.0 Å². The summed E-state index contributed by atoms with van der Waals surface area (Å²) in [6, 6.07) is 1.81. The first-order valence-electron chi connectivity index (χ1n) is 7.44. The van der Waals surface area contributed by atoms with Crippen LogP contribution in [0.3, 0.4) is 0 Å². The van der Waals surface area contributed by atoms with Crippen molar-refractivity contribution in [3.8, 4) is 0 Å². The molecule has 0 saturated heterocycles. The van der Waals surface area contributed by atoms with Gasteiger partial charge in [0, 0.05) is 37.5 Å². The van der Waals surface area contributed by atoms with Crippen molar-refractivity contribution in [3.63, 3.8) is 0 Å². The van der Waals surface area contributed by atoms with E-state index >= 15 is 0 Å². The van der Waals surface area contributed by atoms with E-state index in [2.05, 4.69) is 31.1 Å². The first kappa shape index (κ1) is 17.9. The number of nitrogens with zero attached hydrogens (tertiary/aromatic N) is 2. The molecule has 0 fully saturated rings. The van der Waals surface area contributed by atoms with Crippen LogP contribution in [0.2, 0.25) is 0 Å². The number of pyridine rings is 1. The first-order valence-corrected chi connectivity index (χ1v) is 7.44. The molecule has 0 bridgehead atoms. The molecule has 1 rings (SSSR count). The van der Waals surface area contributed by atoms with Gasteiger partial charge in [0.2, 0.25) is 0 Å². The van der Waals surface area contributed by atoms with Crippen LogP contribution in [-0.2, 0) is 11.3 Å². The van der Waals surface area contributed by atoms with E-state index in [0.717, 1.165) is 0 Å². The SMILES string of the molecule is CCN(c1nccc(CNC(C)(C)C)c1F)C(C)COC. The van der Waals surface area contributed by atoms with Gasteiger partial charge in [0.1, 0.15) is 0 Å². The van der Waals surface area contributed by atoms with Crippen LogP contribution >= 0.6 is 0 Å². The van der Waals surface area contributed by atoms with Crippen LogP contribution in [0.1, 0.15) is 40.2 Å². The summed E-state index contributed by atoms with van der Waals surface area (Å²) in [4.78, 5) is 6.16. The molecule has 0 aliphatic rings. The van der Waals surface area contributed by atoms with Crippen LogP contribution in [0.15, 0.2) is 12.3 Å². The molecule has 120 valence electrons. The van der Waals surface area contributed by atoms with E-state index < -0.39 is 0 Å². The van der Waals surface area contributed by atoms with Crippen molar-refractivity contribution in [2.75, 3.05) is 25.2 Å². The van der Waals surface area contributed by atoms with Gasteiger partial charge in [-0.1, -0.05) is 0 Å². The molecule has 1 aromatic rings. The number of hydrogen-bond donors (Lipinski definition) is 1. The number of aromatic nitrogens is 1. The maximum atomic E-state index is 14.7. The Morgan fingerprint density at radius 3 is 2.62 bits per heavy atom. The van der Waals surface area contributed by atoms with Gasteiger partial charge >= 0.3 is 0 Å². The predicted molar refractivity (Wildman–Crippen MR) is 85.1 cm³/mol. The van der Waals surface area contributed by atoms with E-state index in [0.29, 0.717) is 31.1 Å². The Bertz CT molecular complexity index is 446. The van der Waals surface area contributed by atoms with Gasteiger partial charge in [0.05, 0.1) is 12.6 Å². The van der Waals surface area contributed by atoms with Crippen LogP contribution in [0.25, 0.3) is 0 Å². The van der Waals surface area contributed by atoms with Crippen molar-refractivity contribution in [1.29, 1.82) is 0 Å². The fraction of sp³-hybridized carbons (Fsp3) is 0.688. The van der Waals surface area contributed by atoms with Gasteiger partial charge in [-0.05, 0) is 40.7 Å². The Hall–Kier alpha value is -1.20. The number of nitrogens with one attached hydrogen (secondary N) is 1. The summed E-state index contributed by atoms with van der Waals surface area (Å²) < 4.78 is 19.9. The largest absolute Gasteiger partial charge is 0.383 e. The molecule has 1 unspecified atom stereocenters. The maximum absolute atomic E-state index is 14.7. The monoisotopic (exact) mass is 297 g/mol. The summed E-state index contributed by atoms with van der Waals surface area (Å²) in [7, 11) is 1.65. The molecule has 0 radical (unpaired) electrons. The molecule has 0 saturated carbocycles. The number of rotatable bonds is 7. The highest BCUT2D eigenvalue weighted by Gasteiger charge is 2.20. The highest BCUT2D eigenvalue weighted by Crippen LogP contribution is 2.22. The van der Waals surface area contributed by atoms with Gasteiger partial charge in [-0.3, -0.25) is 0 Å². The van der Waals surface area contributed by atoms with Gasteiger partial charge in [-0.2, -0.15) is 0 Å². The molecule has 1 atom stereocenters. The van der Waals surface area contributed by atoms with E-state index in [1.165, 1.54) is 0 Å². The number of hydrogen-bond acceptors (Lipinski definition) is 4. The average molecular weight is 297 g/mol. The van der Waals surface area contributed by atoms with E-state index in [1.807, 2.05) is 18.7 Å². The second-order valence-corrected chi connectivity index (χ2v) is 6.30. The summed E-state index contributed by atoms with van der Waals surface area (Å²) in [6.45, 7) is 11.9. The molecule has 4 nitrogen and oxygen atoms in total. The van der Waals surface area contributed by atoms with E-state index in [-0.39, 0.29) is 17.4 Å². The molecule has 0 aliphatic heterocycles. The fourth-order valence-electron chi connectivity index (χ4n) is 2.17. The molecule has 5 heteroatoms. The quantitative estimate of drug-likeness (QED) is 0.839. The Balaban J connectivity index is 2.97. The van der Waals surface area contributed by atoms with Gasteiger partial charge in [0.15, 0.2) is 11.6 Å². The van der Waals surface area contributed by atoms with Crippen molar-refractivity contribution in [1.82, 2.24) is 10.3 Å². The Labute approximate surface area is 127 Å². The van der Waals surface area contributed by atoms with Crippen LogP contribution in [-0.4, -0.2) is 36.8 Å². The zero-order valence-corrected chi connectivity index (χ0v) is 14.0. The number of halogens is 1. The average Bonchev–Trinajstić information content (AvgIpc) is 2.39. The summed E-state index contributed by atoms with van der Waals surface area (Å²) in [5.41, 5.74) is 0.585. The lowest BCUT2D eigenvalue weighted by molar-refractivity contribution is 0.181. The smallest absolute Gasteiger partial charge is 0.170 e. The highest BCUT2D eigenvalue weighted by molar-refractivity contribution is 5.44. The van der Waals surface area contributed by atoms with Crippen LogP contribution in [0.4, 0.5) is 10.2 Å². The van der Waals surface area contributed by atoms with Gasteiger partial charge in [0.25, 0.3) is 0 Å². The van der Waals surface area contributed by atoms with Crippen LogP contribution in [0.5, 0.6) is 0 Å². The predicted octanol–water partition coefficient (Wildman–Crippen LogP) is 2.97. The van der Waals surface area contributed by atoms with E-state index in [9.17, 15) is 4.39 Å². The number of likely N-dealkylation sites (N-methyl/N-ethyl adjacent to an activating group) is 1. The minimum atomic E-state index is -0.251. The maximum Gasteiger partial charge on any atom is 0.170 e. The zero-order chi connectivity index (χ0) is 16.0. The van der Waals surface area contributed by atoms with Crippen molar-refractivity contribution < 1.29 is 9.13 Å². The van der Waals surface area contributed by atoms with Crippen LogP contribution in [0, 0.1) is 5.82 Å². The fourth-order valence-corrected chi connectivity index (χ4v) is 2.17. The lowest BCUT2D eigenvalue weighted by atomic mass is 10.1. The van der Waals surface area contributed by atoms with E-state index in [4.69, 9.17) is 4.74 Å². The van der Waals surface area contributed by atoms with Crippen molar-refractivity contribution >= 4 is 5.82 Å². The minimum Gasteiger partial charge on any atom is -0.383 e. The van der Waals surface area contributed by atoms with Gasteiger partial charge in [-0.25, -0.2) is 9.37 Å². The molecule has 0 amide bonds. The Morgan fingerprint density at radius 2 is 2.10 bits per heavy atom. The Kier molecular flexibility index (Phi) is 6.55. The molecule has 1 aromatic heterocycles. The third-order valence-corrected chi connectivity index (χ3v) is 3.31. The zero-order valence-electron chi connectivity index (χ0n) is 14.0. The lowest BCUT2D eigenvalue weighted by Crippen LogP contribution is -2.38. The highest BCUT2D eigenvalue weighted by atomic mass is 19.1. The molecule has 21 heavy (non-hydrogen) atoms. The van der Waals surface area contributed by atoms with Gasteiger partial charge in [-0.15, -0.1) is 0 Å². The molecule has 1 N–H and O–H groups in total. The molecular formula is C16H28FN3O. The second-order valence-electron chi connectivity index (χ2n) is 6.30. The summed E-state index contributed by atoms with van der Waals surface area (Å²) in [5, 5.41) is 3.31. The topological polar surface area (TPSA) is 37.4 Å². The molecule has 0 aliphatic carbocycles. The lowest BCUT2D eigenvalue weighted by Gasteiger charge is -2.29. The summed E-state index contributed by atoms with van der Waals surface area (Å²) >= 11 is 0. The second kappa shape index (κ2) is 7.71. The molecule has 1 heterocycles. The third kappa shape index (κ3) is 5.25. The molecule has 0 aromatic carbocycles. The van der Waals surface area contributed by atoms with Crippen molar-refractivity contribution in [3.05, 3.63) is 23.6 Å². The minimum absolute atomic E-state index is 0.0519. The molecular weight excluding hydrogens is 269 g/mol. The number of methoxy groups -OCH3 is 1. The molecule has 0 spiro atoms.